The number of carboxylic acid groups (broad SMARTS) is 1. The highest BCUT2D eigenvalue weighted by molar-refractivity contribution is 9.10. The first-order valence-electron chi connectivity index (χ1n) is 6.34. The third-order valence-corrected chi connectivity index (χ3v) is 4.44. The Labute approximate surface area is 122 Å². The molecule has 1 aromatic carbocycles. The van der Waals surface area contributed by atoms with Crippen LogP contribution >= 0.6 is 15.9 Å². The molecule has 0 aliphatic carbocycles. The highest BCUT2D eigenvalue weighted by Crippen LogP contribution is 2.29. The van der Waals surface area contributed by atoms with Crippen molar-refractivity contribution in [3.05, 3.63) is 28.2 Å². The fourth-order valence-electron chi connectivity index (χ4n) is 2.71. The average molecular weight is 327 g/mol. The van der Waals surface area contributed by atoms with Crippen LogP contribution in [0.3, 0.4) is 0 Å². The molecule has 1 aliphatic rings. The third-order valence-electron chi connectivity index (χ3n) is 3.78. The van der Waals surface area contributed by atoms with Crippen LogP contribution in [0.25, 0.3) is 0 Å². The Bertz CT molecular complexity index is 490. The second-order valence-corrected chi connectivity index (χ2v) is 6.24. The molecular formula is C14H19BrN2O2. The molecule has 5 heteroatoms. The van der Waals surface area contributed by atoms with Crippen molar-refractivity contribution < 1.29 is 9.90 Å². The van der Waals surface area contributed by atoms with E-state index in [1.807, 2.05) is 12.1 Å². The zero-order valence-electron chi connectivity index (χ0n) is 11.4. The molecule has 1 saturated heterocycles. The van der Waals surface area contributed by atoms with Crippen LogP contribution in [-0.2, 0) is 0 Å². The number of nitrogens with zero attached hydrogens (tertiary/aromatic N) is 2. The van der Waals surface area contributed by atoms with Crippen LogP contribution in [-0.4, -0.2) is 49.2 Å². The Kier molecular flexibility index (Phi) is 4.16. The summed E-state index contributed by atoms with van der Waals surface area (Å²) in [6.45, 7) is 4.24. The van der Waals surface area contributed by atoms with Crippen LogP contribution in [0.5, 0.6) is 0 Å². The summed E-state index contributed by atoms with van der Waals surface area (Å²) < 4.78 is 0.637. The number of likely N-dealkylation sites (N-methyl/N-ethyl adjacent to an activating group) is 1. The first-order valence-corrected chi connectivity index (χ1v) is 7.13. The first-order chi connectivity index (χ1) is 8.90. The van der Waals surface area contributed by atoms with Crippen LogP contribution < -0.4 is 4.90 Å². The van der Waals surface area contributed by atoms with Gasteiger partial charge in [-0.15, -0.1) is 0 Å². The van der Waals surface area contributed by atoms with Gasteiger partial charge in [0.2, 0.25) is 0 Å². The molecule has 2 unspecified atom stereocenters. The van der Waals surface area contributed by atoms with Gasteiger partial charge in [-0.25, -0.2) is 4.79 Å². The summed E-state index contributed by atoms with van der Waals surface area (Å²) in [6, 6.07) is 5.99. The van der Waals surface area contributed by atoms with Crippen LogP contribution in [0.2, 0.25) is 0 Å². The number of carbonyl (C=O) groups is 1. The number of hydrogen-bond acceptors (Lipinski definition) is 3. The first kappa shape index (κ1) is 14.3. The van der Waals surface area contributed by atoms with Crippen molar-refractivity contribution in [1.82, 2.24) is 4.90 Å². The van der Waals surface area contributed by atoms with E-state index < -0.39 is 5.97 Å². The Morgan fingerprint density at radius 1 is 1.42 bits per heavy atom. The molecule has 0 radical (unpaired) electrons. The van der Waals surface area contributed by atoms with Gasteiger partial charge in [-0.1, -0.05) is 6.92 Å². The third kappa shape index (κ3) is 2.92. The summed E-state index contributed by atoms with van der Waals surface area (Å²) >= 11 is 3.34. The minimum absolute atomic E-state index is 0.306. The monoisotopic (exact) mass is 326 g/mol. The summed E-state index contributed by atoms with van der Waals surface area (Å²) in [7, 11) is 4.21. The number of aromatic carboxylic acids is 1. The topological polar surface area (TPSA) is 43.8 Å². The molecular weight excluding hydrogens is 308 g/mol. The fraction of sp³-hybridized carbons (Fsp3) is 0.500. The number of anilines is 1. The van der Waals surface area contributed by atoms with Crippen LogP contribution in [0, 0.1) is 5.92 Å². The molecule has 19 heavy (non-hydrogen) atoms. The summed E-state index contributed by atoms with van der Waals surface area (Å²) in [5.74, 6) is -0.299. The Morgan fingerprint density at radius 3 is 2.58 bits per heavy atom. The molecule has 2 rings (SSSR count). The van der Waals surface area contributed by atoms with Gasteiger partial charge < -0.3 is 14.9 Å². The zero-order valence-corrected chi connectivity index (χ0v) is 13.0. The molecule has 0 spiro atoms. The lowest BCUT2D eigenvalue weighted by Crippen LogP contribution is -2.34. The lowest BCUT2D eigenvalue weighted by molar-refractivity contribution is 0.0696. The normalized spacial score (nSPS) is 23.1. The van der Waals surface area contributed by atoms with Crippen molar-refractivity contribution in [3.8, 4) is 0 Å². The second-order valence-electron chi connectivity index (χ2n) is 5.38. The van der Waals surface area contributed by atoms with E-state index in [9.17, 15) is 4.79 Å². The van der Waals surface area contributed by atoms with Crippen molar-refractivity contribution >= 4 is 27.6 Å². The van der Waals surface area contributed by atoms with Crippen LogP contribution in [0.1, 0.15) is 17.3 Å². The minimum atomic E-state index is -0.903. The van der Waals surface area contributed by atoms with Gasteiger partial charge >= 0.3 is 5.97 Å². The maximum Gasteiger partial charge on any atom is 0.336 e. The van der Waals surface area contributed by atoms with Gasteiger partial charge in [0.1, 0.15) is 0 Å². The fourth-order valence-corrected chi connectivity index (χ4v) is 3.24. The van der Waals surface area contributed by atoms with E-state index in [2.05, 4.69) is 46.7 Å². The van der Waals surface area contributed by atoms with Gasteiger partial charge in [-0.05, 0) is 54.1 Å². The summed E-state index contributed by atoms with van der Waals surface area (Å²) in [5, 5.41) is 9.03. The van der Waals surface area contributed by atoms with Gasteiger partial charge in [0.05, 0.1) is 5.56 Å². The largest absolute Gasteiger partial charge is 0.478 e. The molecule has 1 fully saturated rings. The quantitative estimate of drug-likeness (QED) is 0.927. The van der Waals surface area contributed by atoms with Gasteiger partial charge in [0, 0.05) is 29.3 Å². The highest BCUT2D eigenvalue weighted by Gasteiger charge is 2.31. The van der Waals surface area contributed by atoms with Gasteiger partial charge in [-0.2, -0.15) is 0 Å². The molecule has 2 atom stereocenters. The minimum Gasteiger partial charge on any atom is -0.478 e. The van der Waals surface area contributed by atoms with Crippen molar-refractivity contribution in [2.45, 2.75) is 13.0 Å². The Balaban J connectivity index is 2.20. The zero-order chi connectivity index (χ0) is 14.2. The second kappa shape index (κ2) is 5.51. The summed E-state index contributed by atoms with van der Waals surface area (Å²) in [5.41, 5.74) is 1.38. The summed E-state index contributed by atoms with van der Waals surface area (Å²) in [6.07, 6.45) is 0. The molecule has 1 N–H and O–H groups in total. The van der Waals surface area contributed by atoms with E-state index in [4.69, 9.17) is 5.11 Å². The maximum atomic E-state index is 11.0. The van der Waals surface area contributed by atoms with Gasteiger partial charge in [0.25, 0.3) is 0 Å². The average Bonchev–Trinajstić information content (AvgIpc) is 2.70. The number of halogens is 1. The molecule has 1 heterocycles. The predicted molar refractivity (Wildman–Crippen MR) is 80.0 cm³/mol. The van der Waals surface area contributed by atoms with E-state index in [1.165, 1.54) is 0 Å². The molecule has 0 bridgehead atoms. The molecule has 0 saturated carbocycles. The van der Waals surface area contributed by atoms with E-state index in [0.717, 1.165) is 18.8 Å². The molecule has 104 valence electrons. The lowest BCUT2D eigenvalue weighted by atomic mass is 10.1. The lowest BCUT2D eigenvalue weighted by Gasteiger charge is -2.23. The SMILES string of the molecule is CC1CN(c2ccc(C(=O)O)c(Br)c2)CC1N(C)C. The number of carboxylic acids is 1. The number of rotatable bonds is 3. The predicted octanol–water partition coefficient (Wildman–Crippen LogP) is 2.53. The molecule has 0 aromatic heterocycles. The highest BCUT2D eigenvalue weighted by atomic mass is 79.9. The maximum absolute atomic E-state index is 11.0. The van der Waals surface area contributed by atoms with Crippen LogP contribution in [0.4, 0.5) is 5.69 Å². The van der Waals surface area contributed by atoms with E-state index in [0.29, 0.717) is 22.0 Å². The van der Waals surface area contributed by atoms with Crippen LogP contribution in [0.15, 0.2) is 22.7 Å². The number of benzene rings is 1. The van der Waals surface area contributed by atoms with E-state index in [1.54, 1.807) is 6.07 Å². The molecule has 1 aliphatic heterocycles. The van der Waals surface area contributed by atoms with E-state index >= 15 is 0 Å². The van der Waals surface area contributed by atoms with E-state index in [-0.39, 0.29) is 0 Å². The summed E-state index contributed by atoms with van der Waals surface area (Å²) in [4.78, 5) is 15.6. The Hall–Kier alpha value is -1.07. The molecule has 1 aromatic rings. The molecule has 0 amide bonds. The van der Waals surface area contributed by atoms with Gasteiger partial charge in [-0.3, -0.25) is 0 Å². The van der Waals surface area contributed by atoms with Gasteiger partial charge in [0.15, 0.2) is 0 Å². The number of hydrogen-bond donors (Lipinski definition) is 1. The van der Waals surface area contributed by atoms with Crippen molar-refractivity contribution in [2.24, 2.45) is 5.92 Å². The smallest absolute Gasteiger partial charge is 0.336 e. The van der Waals surface area contributed by atoms with Crippen molar-refractivity contribution in [3.63, 3.8) is 0 Å². The standard InChI is InChI=1S/C14H19BrN2O2/c1-9-7-17(8-13(9)16(2)3)10-4-5-11(14(18)19)12(15)6-10/h4-6,9,13H,7-8H2,1-3H3,(H,18,19). The molecule has 4 nitrogen and oxygen atoms in total. The van der Waals surface area contributed by atoms with Crippen molar-refractivity contribution in [1.29, 1.82) is 0 Å². The Morgan fingerprint density at radius 2 is 2.11 bits per heavy atom. The van der Waals surface area contributed by atoms with Crippen molar-refractivity contribution in [2.75, 3.05) is 32.1 Å².